The Morgan fingerprint density at radius 1 is 0.788 bits per heavy atom. The number of methoxy groups -OCH3 is 1. The summed E-state index contributed by atoms with van der Waals surface area (Å²) in [6, 6.07) is 30.1. The van der Waals surface area contributed by atoms with Crippen molar-refractivity contribution in [3.8, 4) is 0 Å². The van der Waals surface area contributed by atoms with Gasteiger partial charge in [0, 0.05) is 25.6 Å². The number of nitrogens with zero attached hydrogens (tertiary/aromatic N) is 1. The van der Waals surface area contributed by atoms with Gasteiger partial charge in [0.25, 0.3) is 0 Å². The molecule has 5 nitrogen and oxygen atoms in total. The molecule has 0 aliphatic heterocycles. The van der Waals surface area contributed by atoms with Gasteiger partial charge in [0.1, 0.15) is 0 Å². The topological polar surface area (TPSA) is 70.0 Å². The molecule has 3 atom stereocenters. The highest BCUT2D eigenvalue weighted by Crippen LogP contribution is 2.22. The maximum Gasteiger partial charge on any atom is 0.308 e. The van der Waals surface area contributed by atoms with Crippen molar-refractivity contribution in [2.75, 3.05) is 7.11 Å². The third-order valence-corrected chi connectivity index (χ3v) is 5.80. The molecule has 0 spiro atoms. The minimum absolute atomic E-state index is 0.0900. The van der Waals surface area contributed by atoms with Gasteiger partial charge >= 0.3 is 5.97 Å². The van der Waals surface area contributed by atoms with E-state index in [0.29, 0.717) is 19.5 Å². The number of benzene rings is 3. The third-order valence-electron chi connectivity index (χ3n) is 5.80. The molecule has 0 saturated carbocycles. The molecular weight excluding hydrogens is 414 g/mol. The minimum atomic E-state index is -0.971. The van der Waals surface area contributed by atoms with E-state index < -0.39 is 18.2 Å². The molecule has 3 aromatic rings. The zero-order valence-corrected chi connectivity index (χ0v) is 19.1. The molecule has 0 fully saturated rings. The van der Waals surface area contributed by atoms with Crippen LogP contribution in [-0.4, -0.2) is 46.4 Å². The first-order valence-electron chi connectivity index (χ1n) is 11.3. The van der Waals surface area contributed by atoms with Crippen LogP contribution in [0.15, 0.2) is 91.0 Å². The fraction of sp³-hybridized carbons (Fsp3) is 0.321. The Labute approximate surface area is 196 Å². The van der Waals surface area contributed by atoms with Crippen molar-refractivity contribution in [2.45, 2.75) is 50.6 Å². The predicted octanol–water partition coefficient (Wildman–Crippen LogP) is 3.98. The van der Waals surface area contributed by atoms with E-state index in [-0.39, 0.29) is 18.9 Å². The lowest BCUT2D eigenvalue weighted by atomic mass is 9.94. The molecule has 3 aromatic carbocycles. The molecule has 2 N–H and O–H groups in total. The number of esters is 1. The van der Waals surface area contributed by atoms with Crippen molar-refractivity contribution in [2.24, 2.45) is 0 Å². The van der Waals surface area contributed by atoms with E-state index in [1.165, 1.54) is 7.11 Å². The van der Waals surface area contributed by atoms with Crippen LogP contribution in [0.3, 0.4) is 0 Å². The first-order chi connectivity index (χ1) is 16.0. The monoisotopic (exact) mass is 447 g/mol. The lowest BCUT2D eigenvalue weighted by Gasteiger charge is -2.36. The summed E-state index contributed by atoms with van der Waals surface area (Å²) in [5.74, 6) is -0.486. The Balaban J connectivity index is 1.88. The zero-order chi connectivity index (χ0) is 23.5. The van der Waals surface area contributed by atoms with Crippen LogP contribution in [0, 0.1) is 0 Å². The SMILES string of the molecule is COC(=O)C[C@@H](O)C[C@@H](O)[C@H](Cc1ccccc1)N(Cc1ccccc1)Cc1ccccc1. The quantitative estimate of drug-likeness (QED) is 0.411. The minimum Gasteiger partial charge on any atom is -0.469 e. The van der Waals surface area contributed by atoms with E-state index in [4.69, 9.17) is 0 Å². The Morgan fingerprint density at radius 2 is 1.24 bits per heavy atom. The average Bonchev–Trinajstić information content (AvgIpc) is 2.84. The summed E-state index contributed by atoms with van der Waals surface area (Å²) in [5, 5.41) is 21.7. The molecule has 174 valence electrons. The molecule has 0 saturated heterocycles. The van der Waals surface area contributed by atoms with Gasteiger partial charge in [-0.15, -0.1) is 0 Å². The molecule has 0 aromatic heterocycles. The van der Waals surface area contributed by atoms with Crippen LogP contribution in [0.5, 0.6) is 0 Å². The number of rotatable bonds is 12. The molecule has 0 aliphatic carbocycles. The fourth-order valence-electron chi connectivity index (χ4n) is 4.09. The van der Waals surface area contributed by atoms with Crippen LogP contribution in [0.1, 0.15) is 29.5 Å². The Bertz CT molecular complexity index is 908. The molecular formula is C28H33NO4. The van der Waals surface area contributed by atoms with E-state index in [9.17, 15) is 15.0 Å². The zero-order valence-electron chi connectivity index (χ0n) is 19.1. The fourth-order valence-corrected chi connectivity index (χ4v) is 4.09. The van der Waals surface area contributed by atoms with E-state index in [1.54, 1.807) is 0 Å². The largest absolute Gasteiger partial charge is 0.469 e. The number of carbonyl (C=O) groups excluding carboxylic acids is 1. The summed E-state index contributed by atoms with van der Waals surface area (Å²) >= 11 is 0. The number of hydrogen-bond acceptors (Lipinski definition) is 5. The molecule has 33 heavy (non-hydrogen) atoms. The Hall–Kier alpha value is -2.99. The molecule has 0 heterocycles. The van der Waals surface area contributed by atoms with Gasteiger partial charge in [0.15, 0.2) is 0 Å². The smallest absolute Gasteiger partial charge is 0.308 e. The molecule has 5 heteroatoms. The lowest BCUT2D eigenvalue weighted by Crippen LogP contribution is -2.45. The molecule has 0 bridgehead atoms. The summed E-state index contributed by atoms with van der Waals surface area (Å²) in [5.41, 5.74) is 3.40. The van der Waals surface area contributed by atoms with Crippen molar-refractivity contribution in [1.29, 1.82) is 0 Å². The van der Waals surface area contributed by atoms with Crippen molar-refractivity contribution in [3.63, 3.8) is 0 Å². The van der Waals surface area contributed by atoms with Gasteiger partial charge in [-0.3, -0.25) is 9.69 Å². The predicted molar refractivity (Wildman–Crippen MR) is 129 cm³/mol. The maximum atomic E-state index is 11.6. The standard InChI is InChI=1S/C28H33NO4/c1-33-28(32)19-25(30)18-27(31)26(17-22-11-5-2-6-12-22)29(20-23-13-7-3-8-14-23)21-24-15-9-4-10-16-24/h2-16,25-27,30-31H,17-21H2,1H3/t25-,26-,27+/m0/s1. The Morgan fingerprint density at radius 3 is 1.70 bits per heavy atom. The number of carbonyl (C=O) groups is 1. The number of hydrogen-bond donors (Lipinski definition) is 2. The first-order valence-corrected chi connectivity index (χ1v) is 11.3. The van der Waals surface area contributed by atoms with Crippen LogP contribution in [0.4, 0.5) is 0 Å². The highest BCUT2D eigenvalue weighted by molar-refractivity contribution is 5.69. The first kappa shape index (κ1) is 24.6. The second-order valence-corrected chi connectivity index (χ2v) is 8.37. The molecule has 0 unspecified atom stereocenters. The number of aliphatic hydroxyl groups is 2. The van der Waals surface area contributed by atoms with Gasteiger partial charge in [0.05, 0.1) is 25.7 Å². The van der Waals surface area contributed by atoms with Crippen molar-refractivity contribution in [3.05, 3.63) is 108 Å². The van der Waals surface area contributed by atoms with Crippen LogP contribution in [0.2, 0.25) is 0 Å². The van der Waals surface area contributed by atoms with Crippen LogP contribution >= 0.6 is 0 Å². The molecule has 0 radical (unpaired) electrons. The maximum absolute atomic E-state index is 11.6. The van der Waals surface area contributed by atoms with Crippen LogP contribution < -0.4 is 0 Å². The van der Waals surface area contributed by atoms with Gasteiger partial charge in [0.2, 0.25) is 0 Å². The van der Waals surface area contributed by atoms with Crippen molar-refractivity contribution < 1.29 is 19.7 Å². The summed E-state index contributed by atoms with van der Waals surface area (Å²) in [6.45, 7) is 1.30. The highest BCUT2D eigenvalue weighted by atomic mass is 16.5. The summed E-state index contributed by atoms with van der Waals surface area (Å²) in [6.07, 6.45) is -1.24. The Kier molecular flexibility index (Phi) is 9.63. The van der Waals surface area contributed by atoms with E-state index in [0.717, 1.165) is 16.7 Å². The third kappa shape index (κ3) is 8.13. The van der Waals surface area contributed by atoms with E-state index in [1.807, 2.05) is 66.7 Å². The van der Waals surface area contributed by atoms with Crippen LogP contribution in [-0.2, 0) is 29.0 Å². The molecule has 0 aliphatic rings. The summed E-state index contributed by atoms with van der Waals surface area (Å²) in [4.78, 5) is 13.9. The lowest BCUT2D eigenvalue weighted by molar-refractivity contribution is -0.143. The van der Waals surface area contributed by atoms with Gasteiger partial charge in [-0.1, -0.05) is 91.0 Å². The molecule has 0 amide bonds. The van der Waals surface area contributed by atoms with Gasteiger partial charge in [-0.05, 0) is 23.1 Å². The normalized spacial score (nSPS) is 13.9. The van der Waals surface area contributed by atoms with Crippen LogP contribution in [0.25, 0.3) is 0 Å². The highest BCUT2D eigenvalue weighted by Gasteiger charge is 2.29. The van der Waals surface area contributed by atoms with Crippen molar-refractivity contribution in [1.82, 2.24) is 4.90 Å². The average molecular weight is 448 g/mol. The van der Waals surface area contributed by atoms with Gasteiger partial charge in [-0.2, -0.15) is 0 Å². The second-order valence-electron chi connectivity index (χ2n) is 8.37. The van der Waals surface area contributed by atoms with Crippen molar-refractivity contribution >= 4 is 5.97 Å². The summed E-state index contributed by atoms with van der Waals surface area (Å²) < 4.78 is 4.67. The van der Waals surface area contributed by atoms with E-state index >= 15 is 0 Å². The second kappa shape index (κ2) is 12.9. The molecule has 3 rings (SSSR count). The number of aliphatic hydroxyl groups excluding tert-OH is 2. The number of ether oxygens (including phenoxy) is 1. The van der Waals surface area contributed by atoms with Gasteiger partial charge < -0.3 is 14.9 Å². The summed E-state index contributed by atoms with van der Waals surface area (Å²) in [7, 11) is 1.30. The van der Waals surface area contributed by atoms with E-state index in [2.05, 4.69) is 33.9 Å². The van der Waals surface area contributed by atoms with Gasteiger partial charge in [-0.25, -0.2) is 0 Å².